The zero-order valence-corrected chi connectivity index (χ0v) is 12.7. The first-order chi connectivity index (χ1) is 11.2. The number of hydrogen-bond donors (Lipinski definition) is 1. The Morgan fingerprint density at radius 3 is 2.12 bits per heavy atom. The maximum Gasteiger partial charge on any atom is 0.573 e. The highest BCUT2D eigenvalue weighted by atomic mass is 19.4. The standard InChI is InChI=1S/C14H14F3NO6/c1-22-11(19)7-10(13(21)23-2)18-12(20)8-3-5-9(6-4-8)24-14(15,16)17/h3-6,10H,7H2,1-2H3,(H,18,20)/t10-/m0/s1. The molecule has 0 bridgehead atoms. The van der Waals surface area contributed by atoms with Gasteiger partial charge in [0.1, 0.15) is 11.8 Å². The normalized spacial score (nSPS) is 12.0. The highest BCUT2D eigenvalue weighted by molar-refractivity contribution is 5.97. The van der Waals surface area contributed by atoms with Crippen LogP contribution < -0.4 is 10.1 Å². The molecule has 1 N–H and O–H groups in total. The molecule has 0 unspecified atom stereocenters. The van der Waals surface area contributed by atoms with Gasteiger partial charge in [-0.3, -0.25) is 9.59 Å². The number of halogens is 3. The predicted molar refractivity (Wildman–Crippen MR) is 73.0 cm³/mol. The molecule has 0 spiro atoms. The summed E-state index contributed by atoms with van der Waals surface area (Å²) in [6.45, 7) is 0. The van der Waals surface area contributed by atoms with Crippen LogP contribution in [0.25, 0.3) is 0 Å². The van der Waals surface area contributed by atoms with Crippen LogP contribution in [-0.2, 0) is 19.1 Å². The maximum absolute atomic E-state index is 12.1. The molecule has 0 saturated heterocycles. The minimum Gasteiger partial charge on any atom is -0.469 e. The summed E-state index contributed by atoms with van der Waals surface area (Å²) in [5, 5.41) is 2.24. The van der Waals surface area contributed by atoms with Gasteiger partial charge in [-0.2, -0.15) is 0 Å². The van der Waals surface area contributed by atoms with E-state index in [1.54, 1.807) is 0 Å². The lowest BCUT2D eigenvalue weighted by Crippen LogP contribution is -2.43. The largest absolute Gasteiger partial charge is 0.573 e. The summed E-state index contributed by atoms with van der Waals surface area (Å²) in [5.74, 6) is -2.91. The van der Waals surface area contributed by atoms with E-state index >= 15 is 0 Å². The first-order valence-electron chi connectivity index (χ1n) is 6.47. The third kappa shape index (κ3) is 6.15. The highest BCUT2D eigenvalue weighted by Gasteiger charge is 2.31. The molecule has 0 fully saturated rings. The number of alkyl halides is 3. The van der Waals surface area contributed by atoms with E-state index in [0.29, 0.717) is 0 Å². The van der Waals surface area contributed by atoms with Crippen molar-refractivity contribution in [3.8, 4) is 5.75 Å². The third-order valence-electron chi connectivity index (χ3n) is 2.74. The number of esters is 2. The summed E-state index contributed by atoms with van der Waals surface area (Å²) in [7, 11) is 2.18. The number of hydrogen-bond acceptors (Lipinski definition) is 6. The third-order valence-corrected chi connectivity index (χ3v) is 2.74. The molecule has 1 rings (SSSR count). The molecule has 24 heavy (non-hydrogen) atoms. The van der Waals surface area contributed by atoms with Gasteiger partial charge in [-0.15, -0.1) is 13.2 Å². The van der Waals surface area contributed by atoms with Crippen molar-refractivity contribution in [2.45, 2.75) is 18.8 Å². The van der Waals surface area contributed by atoms with E-state index in [0.717, 1.165) is 38.5 Å². The topological polar surface area (TPSA) is 90.9 Å². The van der Waals surface area contributed by atoms with E-state index in [9.17, 15) is 27.6 Å². The SMILES string of the molecule is COC(=O)C[C@H](NC(=O)c1ccc(OC(F)(F)F)cc1)C(=O)OC. The first kappa shape index (κ1) is 19.3. The fourth-order valence-corrected chi connectivity index (χ4v) is 1.64. The van der Waals surface area contributed by atoms with Gasteiger partial charge in [-0.1, -0.05) is 0 Å². The van der Waals surface area contributed by atoms with Gasteiger partial charge >= 0.3 is 18.3 Å². The zero-order chi connectivity index (χ0) is 18.3. The van der Waals surface area contributed by atoms with Crippen molar-refractivity contribution in [3.05, 3.63) is 29.8 Å². The summed E-state index contributed by atoms with van der Waals surface area (Å²) < 4.78 is 48.7. The number of benzene rings is 1. The number of rotatable bonds is 6. The Kier molecular flexibility index (Phi) is 6.57. The Balaban J connectivity index is 2.80. The van der Waals surface area contributed by atoms with Crippen LogP contribution in [0.4, 0.5) is 13.2 Å². The molecule has 132 valence electrons. The summed E-state index contributed by atoms with van der Waals surface area (Å²) in [6, 6.07) is 2.73. The van der Waals surface area contributed by atoms with Crippen LogP contribution in [0.15, 0.2) is 24.3 Å². The van der Waals surface area contributed by atoms with E-state index in [1.165, 1.54) is 0 Å². The predicted octanol–water partition coefficient (Wildman–Crippen LogP) is 1.42. The van der Waals surface area contributed by atoms with Gasteiger partial charge in [-0.05, 0) is 24.3 Å². The van der Waals surface area contributed by atoms with E-state index in [2.05, 4.69) is 19.5 Å². The van der Waals surface area contributed by atoms with Gasteiger partial charge < -0.3 is 19.5 Å². The number of carbonyl (C=O) groups is 3. The molecule has 0 aliphatic carbocycles. The number of carbonyl (C=O) groups excluding carboxylic acids is 3. The Labute approximate surface area is 134 Å². The van der Waals surface area contributed by atoms with Crippen LogP contribution in [-0.4, -0.2) is 44.5 Å². The van der Waals surface area contributed by atoms with E-state index in [4.69, 9.17) is 0 Å². The maximum atomic E-state index is 12.1. The molecule has 1 atom stereocenters. The van der Waals surface area contributed by atoms with Gasteiger partial charge in [0.15, 0.2) is 0 Å². The Hall–Kier alpha value is -2.78. The molecule has 1 amide bonds. The summed E-state index contributed by atoms with van der Waals surface area (Å²) in [6.07, 6.45) is -5.30. The number of nitrogens with one attached hydrogen (secondary N) is 1. The fourth-order valence-electron chi connectivity index (χ4n) is 1.64. The zero-order valence-electron chi connectivity index (χ0n) is 12.7. The quantitative estimate of drug-likeness (QED) is 0.781. The number of ether oxygens (including phenoxy) is 3. The van der Waals surface area contributed by atoms with Gasteiger partial charge in [0.2, 0.25) is 0 Å². The van der Waals surface area contributed by atoms with Crippen molar-refractivity contribution < 1.29 is 41.8 Å². The van der Waals surface area contributed by atoms with Crippen molar-refractivity contribution in [2.75, 3.05) is 14.2 Å². The first-order valence-corrected chi connectivity index (χ1v) is 6.47. The number of methoxy groups -OCH3 is 2. The van der Waals surface area contributed by atoms with Crippen LogP contribution in [0, 0.1) is 0 Å². The monoisotopic (exact) mass is 349 g/mol. The Morgan fingerprint density at radius 1 is 1.08 bits per heavy atom. The molecular formula is C14H14F3NO6. The van der Waals surface area contributed by atoms with E-state index < -0.39 is 42.4 Å². The van der Waals surface area contributed by atoms with Crippen molar-refractivity contribution in [2.24, 2.45) is 0 Å². The molecular weight excluding hydrogens is 335 g/mol. The van der Waals surface area contributed by atoms with Crippen molar-refractivity contribution >= 4 is 17.8 Å². The van der Waals surface area contributed by atoms with Gasteiger partial charge in [0.25, 0.3) is 5.91 Å². The number of amides is 1. The molecule has 0 radical (unpaired) electrons. The highest BCUT2D eigenvalue weighted by Crippen LogP contribution is 2.22. The van der Waals surface area contributed by atoms with Crippen molar-refractivity contribution in [1.29, 1.82) is 0 Å². The Bertz CT molecular complexity index is 600. The average Bonchev–Trinajstić information content (AvgIpc) is 2.52. The molecule has 1 aromatic rings. The summed E-state index contributed by atoms with van der Waals surface area (Å²) >= 11 is 0. The lowest BCUT2D eigenvalue weighted by Gasteiger charge is -2.15. The second-order valence-corrected chi connectivity index (χ2v) is 4.40. The smallest absolute Gasteiger partial charge is 0.469 e. The van der Waals surface area contributed by atoms with Crippen molar-refractivity contribution in [1.82, 2.24) is 5.32 Å². The van der Waals surface area contributed by atoms with Gasteiger partial charge in [0, 0.05) is 5.56 Å². The minimum atomic E-state index is -4.85. The second kappa shape index (κ2) is 8.18. The van der Waals surface area contributed by atoms with Crippen LogP contribution in [0.5, 0.6) is 5.75 Å². The van der Waals surface area contributed by atoms with Gasteiger partial charge in [-0.25, -0.2) is 4.79 Å². The van der Waals surface area contributed by atoms with Crippen LogP contribution >= 0.6 is 0 Å². The molecule has 0 saturated carbocycles. The minimum absolute atomic E-state index is 0.0386. The summed E-state index contributed by atoms with van der Waals surface area (Å²) in [5.41, 5.74) is -0.0386. The molecule has 1 aromatic carbocycles. The Morgan fingerprint density at radius 2 is 1.67 bits per heavy atom. The summed E-state index contributed by atoms with van der Waals surface area (Å²) in [4.78, 5) is 34.8. The van der Waals surface area contributed by atoms with Crippen LogP contribution in [0.3, 0.4) is 0 Å². The van der Waals surface area contributed by atoms with E-state index in [1.807, 2.05) is 0 Å². The molecule has 0 aliphatic heterocycles. The van der Waals surface area contributed by atoms with Crippen molar-refractivity contribution in [3.63, 3.8) is 0 Å². The molecule has 7 nitrogen and oxygen atoms in total. The van der Waals surface area contributed by atoms with E-state index in [-0.39, 0.29) is 5.56 Å². The molecule has 0 aromatic heterocycles. The second-order valence-electron chi connectivity index (χ2n) is 4.40. The molecule has 0 heterocycles. The van der Waals surface area contributed by atoms with Gasteiger partial charge in [0.05, 0.1) is 20.6 Å². The molecule has 0 aliphatic rings. The lowest BCUT2D eigenvalue weighted by atomic mass is 10.1. The lowest BCUT2D eigenvalue weighted by molar-refractivity contribution is -0.274. The molecule has 10 heteroatoms. The van der Waals surface area contributed by atoms with Crippen LogP contribution in [0.1, 0.15) is 16.8 Å². The van der Waals surface area contributed by atoms with Crippen LogP contribution in [0.2, 0.25) is 0 Å². The average molecular weight is 349 g/mol. The fraction of sp³-hybridized carbons (Fsp3) is 0.357.